The van der Waals surface area contributed by atoms with Crippen molar-refractivity contribution in [3.63, 3.8) is 0 Å². The molecule has 1 aromatic rings. The van der Waals surface area contributed by atoms with Crippen LogP contribution in [0.2, 0.25) is 0 Å². The van der Waals surface area contributed by atoms with E-state index in [-0.39, 0.29) is 17.9 Å². The van der Waals surface area contributed by atoms with Crippen molar-refractivity contribution in [2.45, 2.75) is 65.1 Å². The molecule has 1 aromatic heterocycles. The van der Waals surface area contributed by atoms with Crippen LogP contribution in [-0.2, 0) is 9.53 Å². The zero-order chi connectivity index (χ0) is 21.8. The van der Waals surface area contributed by atoms with Crippen molar-refractivity contribution in [2.24, 2.45) is 5.92 Å². The van der Waals surface area contributed by atoms with Gasteiger partial charge in [0.1, 0.15) is 23.3 Å². The predicted molar refractivity (Wildman–Crippen MR) is 111 cm³/mol. The Balaban J connectivity index is 1.84. The van der Waals surface area contributed by atoms with Crippen LogP contribution in [0.3, 0.4) is 0 Å². The number of likely N-dealkylation sites (N-methyl/N-ethyl adjacent to an activating group) is 1. The Labute approximate surface area is 172 Å². The summed E-state index contributed by atoms with van der Waals surface area (Å²) >= 11 is 0. The summed E-state index contributed by atoms with van der Waals surface area (Å²) in [4.78, 5) is 34.4. The number of nitrogens with one attached hydrogen (secondary N) is 2. The van der Waals surface area contributed by atoms with Crippen LogP contribution in [0.1, 0.15) is 51.9 Å². The standard InChI is InChI=1S/C21H31N5O3/c1-13(26(7)20(28)29-21(3,4)5)19(27)25-17-10-15(11-17)8-9-16-12-23-14(2)24-18(16)22-6/h12-13,15,17H,10-11H2,1-7H3,(H,25,27)(H,22,23,24)/t13-,15?,17?/m0/s1. The number of hydrogen-bond acceptors (Lipinski definition) is 6. The number of aryl methyl sites for hydroxylation is 1. The molecule has 158 valence electrons. The van der Waals surface area contributed by atoms with Crippen molar-refractivity contribution in [1.82, 2.24) is 20.2 Å². The van der Waals surface area contributed by atoms with Gasteiger partial charge in [-0.1, -0.05) is 11.8 Å². The lowest BCUT2D eigenvalue weighted by Crippen LogP contribution is -2.52. The molecule has 8 nitrogen and oxygen atoms in total. The number of anilines is 1. The Morgan fingerprint density at radius 2 is 2.00 bits per heavy atom. The van der Waals surface area contributed by atoms with Gasteiger partial charge in [0.25, 0.3) is 0 Å². The predicted octanol–water partition coefficient (Wildman–Crippen LogP) is 2.33. The molecule has 0 radical (unpaired) electrons. The molecule has 1 atom stereocenters. The molecule has 1 aliphatic carbocycles. The molecule has 1 saturated carbocycles. The second kappa shape index (κ2) is 9.12. The second-order valence-corrected chi connectivity index (χ2v) is 8.34. The maximum atomic E-state index is 12.4. The van der Waals surface area contributed by atoms with Gasteiger partial charge in [0, 0.05) is 32.3 Å². The first-order valence-corrected chi connectivity index (χ1v) is 9.79. The largest absolute Gasteiger partial charge is 0.444 e. The molecular weight excluding hydrogens is 370 g/mol. The quantitative estimate of drug-likeness (QED) is 0.752. The average Bonchev–Trinajstić information content (AvgIpc) is 2.61. The van der Waals surface area contributed by atoms with Gasteiger partial charge in [-0.15, -0.1) is 0 Å². The highest BCUT2D eigenvalue weighted by atomic mass is 16.6. The summed E-state index contributed by atoms with van der Waals surface area (Å²) in [5, 5.41) is 6.00. The highest BCUT2D eigenvalue weighted by Crippen LogP contribution is 2.27. The summed E-state index contributed by atoms with van der Waals surface area (Å²) in [5.41, 5.74) is 0.162. The van der Waals surface area contributed by atoms with Gasteiger partial charge in [0.15, 0.2) is 0 Å². The molecular formula is C21H31N5O3. The van der Waals surface area contributed by atoms with Crippen molar-refractivity contribution >= 4 is 17.8 Å². The number of carbonyl (C=O) groups is 2. The Morgan fingerprint density at radius 3 is 2.59 bits per heavy atom. The van der Waals surface area contributed by atoms with E-state index in [9.17, 15) is 9.59 Å². The van der Waals surface area contributed by atoms with Gasteiger partial charge in [-0.25, -0.2) is 14.8 Å². The smallest absolute Gasteiger partial charge is 0.410 e. The van der Waals surface area contributed by atoms with E-state index in [1.165, 1.54) is 4.90 Å². The van der Waals surface area contributed by atoms with E-state index in [0.29, 0.717) is 11.6 Å². The first-order chi connectivity index (χ1) is 13.5. The van der Waals surface area contributed by atoms with E-state index in [4.69, 9.17) is 4.74 Å². The van der Waals surface area contributed by atoms with E-state index in [0.717, 1.165) is 18.4 Å². The Kier molecular flexibility index (Phi) is 7.07. The zero-order valence-electron chi connectivity index (χ0n) is 18.3. The summed E-state index contributed by atoms with van der Waals surface area (Å²) in [5.74, 6) is 7.77. The molecule has 0 spiro atoms. The lowest BCUT2D eigenvalue weighted by Gasteiger charge is -2.34. The fraction of sp³-hybridized carbons (Fsp3) is 0.619. The number of ether oxygens (including phenoxy) is 1. The van der Waals surface area contributed by atoms with Crippen molar-refractivity contribution in [3.8, 4) is 11.8 Å². The number of amides is 2. The van der Waals surface area contributed by atoms with E-state index < -0.39 is 17.7 Å². The second-order valence-electron chi connectivity index (χ2n) is 8.34. The minimum Gasteiger partial charge on any atom is -0.444 e. The van der Waals surface area contributed by atoms with E-state index in [1.54, 1.807) is 48.0 Å². The van der Waals surface area contributed by atoms with Crippen LogP contribution in [0.4, 0.5) is 10.6 Å². The summed E-state index contributed by atoms with van der Waals surface area (Å²) in [6.45, 7) is 8.90. The van der Waals surface area contributed by atoms with Gasteiger partial charge in [0.05, 0.1) is 5.56 Å². The van der Waals surface area contributed by atoms with Crippen LogP contribution < -0.4 is 10.6 Å². The number of nitrogens with zero attached hydrogens (tertiary/aromatic N) is 3. The third kappa shape index (κ3) is 6.34. The molecule has 2 rings (SSSR count). The van der Waals surface area contributed by atoms with Gasteiger partial charge in [-0.2, -0.15) is 0 Å². The topological polar surface area (TPSA) is 96.5 Å². The summed E-state index contributed by atoms with van der Waals surface area (Å²) < 4.78 is 5.31. The van der Waals surface area contributed by atoms with E-state index >= 15 is 0 Å². The van der Waals surface area contributed by atoms with Gasteiger partial charge < -0.3 is 15.4 Å². The molecule has 1 aliphatic rings. The Hall–Kier alpha value is -2.82. The first-order valence-electron chi connectivity index (χ1n) is 9.79. The molecule has 0 aliphatic heterocycles. The monoisotopic (exact) mass is 401 g/mol. The fourth-order valence-electron chi connectivity index (χ4n) is 2.78. The van der Waals surface area contributed by atoms with Crippen LogP contribution in [-0.4, -0.2) is 58.6 Å². The lowest BCUT2D eigenvalue weighted by atomic mass is 9.80. The minimum atomic E-state index is -0.613. The number of rotatable bonds is 4. The highest BCUT2D eigenvalue weighted by Gasteiger charge is 2.32. The number of aromatic nitrogens is 2. The van der Waals surface area contributed by atoms with E-state index in [1.807, 2.05) is 6.92 Å². The van der Waals surface area contributed by atoms with E-state index in [2.05, 4.69) is 32.4 Å². The Bertz CT molecular complexity index is 816. The SMILES string of the molecule is CNc1nc(C)ncc1C#CC1CC(NC(=O)[C@H](C)N(C)C(=O)OC(C)(C)C)C1. The molecule has 1 heterocycles. The molecule has 8 heteroatoms. The fourth-order valence-corrected chi connectivity index (χ4v) is 2.78. The third-order valence-electron chi connectivity index (χ3n) is 4.68. The van der Waals surface area contributed by atoms with Crippen molar-refractivity contribution in [3.05, 3.63) is 17.6 Å². The normalized spacial score (nSPS) is 19.1. The van der Waals surface area contributed by atoms with Crippen molar-refractivity contribution < 1.29 is 14.3 Å². The summed E-state index contributed by atoms with van der Waals surface area (Å²) in [6, 6.07) is -0.549. The van der Waals surface area contributed by atoms with Gasteiger partial charge in [-0.05, 0) is 47.5 Å². The van der Waals surface area contributed by atoms with Crippen LogP contribution >= 0.6 is 0 Å². The summed E-state index contributed by atoms with van der Waals surface area (Å²) in [7, 11) is 3.37. The molecule has 0 bridgehead atoms. The summed E-state index contributed by atoms with van der Waals surface area (Å²) in [6.07, 6.45) is 2.76. The van der Waals surface area contributed by atoms with Crippen LogP contribution in [0, 0.1) is 24.7 Å². The molecule has 1 fully saturated rings. The first kappa shape index (κ1) is 22.5. The number of carbonyl (C=O) groups excluding carboxylic acids is 2. The Morgan fingerprint density at radius 1 is 1.34 bits per heavy atom. The van der Waals surface area contributed by atoms with Crippen LogP contribution in [0.15, 0.2) is 6.20 Å². The molecule has 0 aromatic carbocycles. The van der Waals surface area contributed by atoms with Gasteiger partial charge in [-0.3, -0.25) is 9.69 Å². The highest BCUT2D eigenvalue weighted by molar-refractivity contribution is 5.85. The van der Waals surface area contributed by atoms with Crippen LogP contribution in [0.25, 0.3) is 0 Å². The van der Waals surface area contributed by atoms with Gasteiger partial charge in [0.2, 0.25) is 5.91 Å². The maximum Gasteiger partial charge on any atom is 0.410 e. The number of hydrogen-bond donors (Lipinski definition) is 2. The molecule has 0 saturated heterocycles. The molecule has 0 unspecified atom stereocenters. The molecule has 29 heavy (non-hydrogen) atoms. The zero-order valence-corrected chi connectivity index (χ0v) is 18.3. The maximum absolute atomic E-state index is 12.4. The lowest BCUT2D eigenvalue weighted by molar-refractivity contribution is -0.126. The molecule has 2 amide bonds. The van der Waals surface area contributed by atoms with Gasteiger partial charge >= 0.3 is 6.09 Å². The van der Waals surface area contributed by atoms with Crippen LogP contribution in [0.5, 0.6) is 0 Å². The molecule has 2 N–H and O–H groups in total. The average molecular weight is 402 g/mol. The van der Waals surface area contributed by atoms with Crippen molar-refractivity contribution in [1.29, 1.82) is 0 Å². The third-order valence-corrected chi connectivity index (χ3v) is 4.68. The van der Waals surface area contributed by atoms with Crippen molar-refractivity contribution in [2.75, 3.05) is 19.4 Å². The minimum absolute atomic E-state index is 0.0642.